The van der Waals surface area contributed by atoms with Crippen molar-refractivity contribution < 1.29 is 5.11 Å². The Balaban J connectivity index is 2.46. The molecule has 1 aliphatic heterocycles. The Labute approximate surface area is 91.3 Å². The van der Waals surface area contributed by atoms with Crippen LogP contribution in [0.25, 0.3) is 0 Å². The van der Waals surface area contributed by atoms with Gasteiger partial charge < -0.3 is 10.4 Å². The number of hydrogen-bond acceptors (Lipinski definition) is 2. The van der Waals surface area contributed by atoms with E-state index in [4.69, 9.17) is 0 Å². The molecule has 1 unspecified atom stereocenters. The van der Waals surface area contributed by atoms with Gasteiger partial charge in [-0.3, -0.25) is 0 Å². The van der Waals surface area contributed by atoms with Crippen LogP contribution in [0.4, 0.5) is 0 Å². The van der Waals surface area contributed by atoms with E-state index in [1.165, 1.54) is 0 Å². The third-order valence-electron chi connectivity index (χ3n) is 3.73. The van der Waals surface area contributed by atoms with Crippen molar-refractivity contribution in [3.8, 4) is 5.75 Å². The van der Waals surface area contributed by atoms with Gasteiger partial charge in [0, 0.05) is 17.5 Å². The number of para-hydroxylation sites is 1. The third-order valence-corrected chi connectivity index (χ3v) is 3.73. The second-order valence-electron chi connectivity index (χ2n) is 4.75. The van der Waals surface area contributed by atoms with E-state index in [1.54, 1.807) is 6.07 Å². The van der Waals surface area contributed by atoms with Crippen LogP contribution in [0.3, 0.4) is 0 Å². The molecule has 0 saturated carbocycles. The van der Waals surface area contributed by atoms with E-state index in [2.05, 4.69) is 25.2 Å². The van der Waals surface area contributed by atoms with Crippen molar-refractivity contribution in [3.63, 3.8) is 0 Å². The lowest BCUT2D eigenvalue weighted by Crippen LogP contribution is -2.34. The minimum absolute atomic E-state index is 0.116. The molecule has 2 heteroatoms. The summed E-state index contributed by atoms with van der Waals surface area (Å²) in [4.78, 5) is 0. The van der Waals surface area contributed by atoms with Gasteiger partial charge in [0.05, 0.1) is 0 Å². The zero-order valence-corrected chi connectivity index (χ0v) is 9.46. The molecule has 82 valence electrons. The van der Waals surface area contributed by atoms with Gasteiger partial charge in [-0.25, -0.2) is 0 Å². The van der Waals surface area contributed by atoms with Crippen LogP contribution in [0.5, 0.6) is 5.75 Å². The van der Waals surface area contributed by atoms with E-state index >= 15 is 0 Å². The Bertz CT molecular complexity index is 340. The van der Waals surface area contributed by atoms with Crippen LogP contribution in [-0.2, 0) is 5.41 Å². The average Bonchev–Trinajstić information content (AvgIpc) is 2.68. The van der Waals surface area contributed by atoms with E-state index in [-0.39, 0.29) is 5.41 Å². The number of aromatic hydroxyl groups is 1. The molecule has 0 spiro atoms. The highest BCUT2D eigenvalue weighted by atomic mass is 16.3. The molecule has 1 saturated heterocycles. The van der Waals surface area contributed by atoms with Crippen molar-refractivity contribution in [2.75, 3.05) is 13.1 Å². The van der Waals surface area contributed by atoms with Gasteiger partial charge in [0.15, 0.2) is 0 Å². The van der Waals surface area contributed by atoms with E-state index < -0.39 is 0 Å². The molecule has 1 aromatic carbocycles. The molecule has 1 fully saturated rings. The molecule has 2 rings (SSSR count). The summed E-state index contributed by atoms with van der Waals surface area (Å²) in [5.41, 5.74) is 1.22. The minimum Gasteiger partial charge on any atom is -0.508 e. The summed E-state index contributed by atoms with van der Waals surface area (Å²) < 4.78 is 0. The van der Waals surface area contributed by atoms with Gasteiger partial charge in [0.1, 0.15) is 5.75 Å². The molecule has 2 N–H and O–H groups in total. The van der Waals surface area contributed by atoms with Crippen LogP contribution in [0.1, 0.15) is 25.8 Å². The molecule has 2 nitrogen and oxygen atoms in total. The van der Waals surface area contributed by atoms with Crippen LogP contribution >= 0.6 is 0 Å². The zero-order chi connectivity index (χ0) is 10.9. The number of hydrogen-bond donors (Lipinski definition) is 2. The Kier molecular flexibility index (Phi) is 2.70. The lowest BCUT2D eigenvalue weighted by Gasteiger charge is -2.33. The van der Waals surface area contributed by atoms with Crippen LogP contribution < -0.4 is 5.32 Å². The second-order valence-corrected chi connectivity index (χ2v) is 4.75. The number of rotatable bonds is 2. The largest absolute Gasteiger partial charge is 0.508 e. The first-order valence-corrected chi connectivity index (χ1v) is 5.66. The second kappa shape index (κ2) is 3.86. The lowest BCUT2D eigenvalue weighted by atomic mass is 9.71. The van der Waals surface area contributed by atoms with Crippen molar-refractivity contribution >= 4 is 0 Å². The highest BCUT2D eigenvalue weighted by molar-refractivity contribution is 5.40. The highest BCUT2D eigenvalue weighted by Gasteiger charge is 2.39. The van der Waals surface area contributed by atoms with E-state index in [9.17, 15) is 5.11 Å². The first-order chi connectivity index (χ1) is 7.17. The number of phenolic OH excluding ortho intramolecular Hbond substituents is 1. The molecule has 15 heavy (non-hydrogen) atoms. The van der Waals surface area contributed by atoms with Gasteiger partial charge in [0.25, 0.3) is 0 Å². The summed E-state index contributed by atoms with van der Waals surface area (Å²) in [6.45, 7) is 6.49. The van der Waals surface area contributed by atoms with Crippen LogP contribution in [0, 0.1) is 5.92 Å². The fourth-order valence-corrected chi connectivity index (χ4v) is 2.64. The van der Waals surface area contributed by atoms with Crippen molar-refractivity contribution in [2.24, 2.45) is 5.92 Å². The maximum absolute atomic E-state index is 9.96. The molecular formula is C13H19NO. The fraction of sp³-hybridized carbons (Fsp3) is 0.538. The van der Waals surface area contributed by atoms with E-state index in [0.717, 1.165) is 25.1 Å². The molecule has 0 bridgehead atoms. The van der Waals surface area contributed by atoms with Crippen LogP contribution in [0.2, 0.25) is 0 Å². The highest BCUT2D eigenvalue weighted by Crippen LogP contribution is 2.41. The SMILES string of the molecule is CC(C)C1(c2ccccc2O)CCNC1. The van der Waals surface area contributed by atoms with Gasteiger partial charge >= 0.3 is 0 Å². The molecule has 1 atom stereocenters. The standard InChI is InChI=1S/C13H19NO/c1-10(2)13(7-8-14-9-13)11-5-3-4-6-12(11)15/h3-6,10,14-15H,7-9H2,1-2H3. The van der Waals surface area contributed by atoms with Gasteiger partial charge in [-0.05, 0) is 24.9 Å². The quantitative estimate of drug-likeness (QED) is 0.776. The minimum atomic E-state index is 0.116. The molecular weight excluding hydrogens is 186 g/mol. The zero-order valence-electron chi connectivity index (χ0n) is 9.46. The number of phenols is 1. The van der Waals surface area contributed by atoms with Crippen molar-refractivity contribution in [1.29, 1.82) is 0 Å². The van der Waals surface area contributed by atoms with E-state index in [1.807, 2.05) is 12.1 Å². The lowest BCUT2D eigenvalue weighted by molar-refractivity contribution is 0.321. The molecule has 0 aromatic heterocycles. The maximum Gasteiger partial charge on any atom is 0.119 e. The summed E-state index contributed by atoms with van der Waals surface area (Å²) in [5, 5.41) is 13.4. The summed E-state index contributed by atoms with van der Waals surface area (Å²) >= 11 is 0. The molecule has 1 heterocycles. The third kappa shape index (κ3) is 1.63. The maximum atomic E-state index is 9.96. The predicted octanol–water partition coefficient (Wildman–Crippen LogP) is 2.28. The van der Waals surface area contributed by atoms with Crippen LogP contribution in [0.15, 0.2) is 24.3 Å². The van der Waals surface area contributed by atoms with Gasteiger partial charge in [0.2, 0.25) is 0 Å². The molecule has 1 aromatic rings. The number of nitrogens with one attached hydrogen (secondary N) is 1. The Hall–Kier alpha value is -1.02. The molecule has 0 amide bonds. The van der Waals surface area contributed by atoms with Crippen molar-refractivity contribution in [2.45, 2.75) is 25.7 Å². The predicted molar refractivity (Wildman–Crippen MR) is 62.1 cm³/mol. The van der Waals surface area contributed by atoms with Crippen molar-refractivity contribution in [3.05, 3.63) is 29.8 Å². The Morgan fingerprint density at radius 3 is 2.60 bits per heavy atom. The summed E-state index contributed by atoms with van der Waals surface area (Å²) in [7, 11) is 0. The fourth-order valence-electron chi connectivity index (χ4n) is 2.64. The Morgan fingerprint density at radius 1 is 1.33 bits per heavy atom. The Morgan fingerprint density at radius 2 is 2.07 bits per heavy atom. The normalized spacial score (nSPS) is 26.1. The van der Waals surface area contributed by atoms with Gasteiger partial charge in [-0.15, -0.1) is 0 Å². The van der Waals surface area contributed by atoms with Gasteiger partial charge in [-0.1, -0.05) is 32.0 Å². The topological polar surface area (TPSA) is 32.3 Å². The molecule has 0 radical (unpaired) electrons. The van der Waals surface area contributed by atoms with Crippen molar-refractivity contribution in [1.82, 2.24) is 5.32 Å². The average molecular weight is 205 g/mol. The van der Waals surface area contributed by atoms with E-state index in [0.29, 0.717) is 11.7 Å². The molecule has 0 aliphatic carbocycles. The smallest absolute Gasteiger partial charge is 0.119 e. The summed E-state index contributed by atoms with van der Waals surface area (Å²) in [6.07, 6.45) is 1.11. The number of benzene rings is 1. The summed E-state index contributed by atoms with van der Waals surface area (Å²) in [5.74, 6) is 0.982. The first-order valence-electron chi connectivity index (χ1n) is 5.66. The monoisotopic (exact) mass is 205 g/mol. The summed E-state index contributed by atoms with van der Waals surface area (Å²) in [6, 6.07) is 7.74. The first kappa shape index (κ1) is 10.5. The van der Waals surface area contributed by atoms with Gasteiger partial charge in [-0.2, -0.15) is 0 Å². The molecule has 1 aliphatic rings. The van der Waals surface area contributed by atoms with Crippen LogP contribution in [-0.4, -0.2) is 18.2 Å².